The van der Waals surface area contributed by atoms with Crippen molar-refractivity contribution in [3.8, 4) is 0 Å². The third-order valence-corrected chi connectivity index (χ3v) is 5.03. The van der Waals surface area contributed by atoms with Crippen molar-refractivity contribution in [3.05, 3.63) is 40.8 Å². The van der Waals surface area contributed by atoms with E-state index in [1.54, 1.807) is 39.0 Å². The number of rotatable bonds is 3. The second-order valence-corrected chi connectivity index (χ2v) is 8.55. The molecule has 0 saturated carbocycles. The summed E-state index contributed by atoms with van der Waals surface area (Å²) in [5.41, 5.74) is 1.01. The van der Waals surface area contributed by atoms with Crippen molar-refractivity contribution in [1.29, 1.82) is 0 Å². The molecule has 0 spiro atoms. The molecule has 0 bridgehead atoms. The SMILES string of the molecule is Cc1ccc(NS(=O)(=O)C2=CCN(C(=O)OC(C)(C)C)CC2)cc1. The summed E-state index contributed by atoms with van der Waals surface area (Å²) in [5.74, 6) is 0. The van der Waals surface area contributed by atoms with Gasteiger partial charge in [0.05, 0.1) is 4.91 Å². The molecular weight excluding hydrogens is 328 g/mol. The zero-order valence-electron chi connectivity index (χ0n) is 14.5. The number of carbonyl (C=O) groups is 1. The molecule has 1 aliphatic rings. The lowest BCUT2D eigenvalue weighted by Crippen LogP contribution is -2.40. The van der Waals surface area contributed by atoms with Crippen LogP contribution in [0.3, 0.4) is 0 Å². The van der Waals surface area contributed by atoms with E-state index in [2.05, 4.69) is 4.72 Å². The zero-order valence-corrected chi connectivity index (χ0v) is 15.3. The topological polar surface area (TPSA) is 75.7 Å². The summed E-state index contributed by atoms with van der Waals surface area (Å²) in [6.07, 6.45) is 1.39. The number of sulfonamides is 1. The van der Waals surface area contributed by atoms with E-state index >= 15 is 0 Å². The molecule has 0 radical (unpaired) electrons. The van der Waals surface area contributed by atoms with Crippen molar-refractivity contribution < 1.29 is 17.9 Å². The van der Waals surface area contributed by atoms with Crippen LogP contribution in [0.5, 0.6) is 0 Å². The van der Waals surface area contributed by atoms with E-state index in [1.165, 1.54) is 4.90 Å². The number of nitrogens with zero attached hydrogens (tertiary/aromatic N) is 1. The Morgan fingerprint density at radius 3 is 2.33 bits per heavy atom. The summed E-state index contributed by atoms with van der Waals surface area (Å²) in [5, 5.41) is 0. The Kier molecular flexibility index (Phi) is 5.22. The second kappa shape index (κ2) is 6.84. The highest BCUT2D eigenvalue weighted by atomic mass is 32.2. The number of anilines is 1. The lowest BCUT2D eigenvalue weighted by atomic mass is 10.2. The summed E-state index contributed by atoms with van der Waals surface area (Å²) < 4.78 is 32.7. The van der Waals surface area contributed by atoms with Gasteiger partial charge in [-0.1, -0.05) is 17.7 Å². The summed E-state index contributed by atoms with van der Waals surface area (Å²) >= 11 is 0. The highest BCUT2D eigenvalue weighted by Crippen LogP contribution is 2.21. The lowest BCUT2D eigenvalue weighted by Gasteiger charge is -2.29. The first-order chi connectivity index (χ1) is 11.1. The number of nitrogens with one attached hydrogen (secondary N) is 1. The average Bonchev–Trinajstić information content (AvgIpc) is 2.48. The van der Waals surface area contributed by atoms with Gasteiger partial charge in [0.1, 0.15) is 5.60 Å². The molecule has 0 atom stereocenters. The molecule has 1 aromatic carbocycles. The fourth-order valence-corrected chi connectivity index (χ4v) is 3.46. The highest BCUT2D eigenvalue weighted by molar-refractivity contribution is 7.96. The maximum atomic E-state index is 12.4. The first-order valence-corrected chi connectivity index (χ1v) is 9.32. The zero-order chi connectivity index (χ0) is 18.0. The van der Waals surface area contributed by atoms with E-state index in [1.807, 2.05) is 19.1 Å². The Bertz CT molecular complexity index is 731. The van der Waals surface area contributed by atoms with Crippen LogP contribution in [-0.4, -0.2) is 38.1 Å². The van der Waals surface area contributed by atoms with E-state index in [4.69, 9.17) is 4.74 Å². The second-order valence-electron chi connectivity index (χ2n) is 6.82. The summed E-state index contributed by atoms with van der Waals surface area (Å²) in [4.78, 5) is 13.8. The molecule has 0 unspecified atom stereocenters. The van der Waals surface area contributed by atoms with Crippen molar-refractivity contribution >= 4 is 21.8 Å². The fourth-order valence-electron chi connectivity index (χ4n) is 2.23. The number of carbonyl (C=O) groups excluding carboxylic acids is 1. The third kappa shape index (κ3) is 4.99. The predicted molar refractivity (Wildman–Crippen MR) is 94.2 cm³/mol. The van der Waals surface area contributed by atoms with Crippen molar-refractivity contribution in [3.63, 3.8) is 0 Å². The monoisotopic (exact) mass is 352 g/mol. The molecule has 6 nitrogen and oxygen atoms in total. The fraction of sp³-hybridized carbons (Fsp3) is 0.471. The Balaban J connectivity index is 2.03. The quantitative estimate of drug-likeness (QED) is 0.906. The van der Waals surface area contributed by atoms with Gasteiger partial charge < -0.3 is 9.64 Å². The number of amides is 1. The number of aryl methyl sites for hydroxylation is 1. The van der Waals surface area contributed by atoms with Gasteiger partial charge in [-0.3, -0.25) is 4.72 Å². The minimum absolute atomic E-state index is 0.221. The van der Waals surface area contributed by atoms with Crippen LogP contribution in [-0.2, 0) is 14.8 Å². The molecule has 1 aromatic rings. The lowest BCUT2D eigenvalue weighted by molar-refractivity contribution is 0.0267. The van der Waals surface area contributed by atoms with Crippen LogP contribution in [0.4, 0.5) is 10.5 Å². The molecule has 2 rings (SSSR count). The first kappa shape index (κ1) is 18.3. The van der Waals surface area contributed by atoms with Gasteiger partial charge in [-0.25, -0.2) is 13.2 Å². The Morgan fingerprint density at radius 2 is 1.83 bits per heavy atom. The number of hydrogen-bond acceptors (Lipinski definition) is 4. The van der Waals surface area contributed by atoms with E-state index in [0.29, 0.717) is 17.1 Å². The molecule has 0 fully saturated rings. The Morgan fingerprint density at radius 1 is 1.21 bits per heavy atom. The van der Waals surface area contributed by atoms with Crippen molar-refractivity contribution in [1.82, 2.24) is 4.90 Å². The maximum absolute atomic E-state index is 12.4. The van der Waals surface area contributed by atoms with Gasteiger partial charge >= 0.3 is 6.09 Å². The number of benzene rings is 1. The molecule has 0 saturated heterocycles. The van der Waals surface area contributed by atoms with Crippen LogP contribution >= 0.6 is 0 Å². The molecule has 1 N–H and O–H groups in total. The van der Waals surface area contributed by atoms with Gasteiger partial charge in [0.15, 0.2) is 0 Å². The normalized spacial score (nSPS) is 15.7. The molecule has 7 heteroatoms. The first-order valence-electron chi connectivity index (χ1n) is 7.83. The molecule has 24 heavy (non-hydrogen) atoms. The predicted octanol–water partition coefficient (Wildman–Crippen LogP) is 3.26. The minimum Gasteiger partial charge on any atom is -0.444 e. The summed E-state index contributed by atoms with van der Waals surface area (Å²) in [6.45, 7) is 7.87. The Hall–Kier alpha value is -2.02. The summed E-state index contributed by atoms with van der Waals surface area (Å²) in [7, 11) is -3.60. The highest BCUT2D eigenvalue weighted by Gasteiger charge is 2.27. The number of ether oxygens (including phenoxy) is 1. The minimum atomic E-state index is -3.60. The third-order valence-electron chi connectivity index (χ3n) is 3.47. The van der Waals surface area contributed by atoms with Crippen LogP contribution in [0, 0.1) is 6.92 Å². The van der Waals surface area contributed by atoms with E-state index in [0.717, 1.165) is 5.56 Å². The van der Waals surface area contributed by atoms with Crippen LogP contribution in [0.2, 0.25) is 0 Å². The smallest absolute Gasteiger partial charge is 0.410 e. The van der Waals surface area contributed by atoms with Crippen LogP contribution in [0.25, 0.3) is 0 Å². The Labute approximate surface area is 143 Å². The van der Waals surface area contributed by atoms with Gasteiger partial charge in [0, 0.05) is 25.2 Å². The molecule has 132 valence electrons. The van der Waals surface area contributed by atoms with Gasteiger partial charge in [0.2, 0.25) is 0 Å². The van der Waals surface area contributed by atoms with Crippen molar-refractivity contribution in [2.24, 2.45) is 0 Å². The van der Waals surface area contributed by atoms with Crippen LogP contribution in [0.15, 0.2) is 35.2 Å². The molecule has 1 heterocycles. The van der Waals surface area contributed by atoms with Gasteiger partial charge in [-0.2, -0.15) is 0 Å². The number of hydrogen-bond donors (Lipinski definition) is 1. The average molecular weight is 352 g/mol. The van der Waals surface area contributed by atoms with Crippen LogP contribution < -0.4 is 4.72 Å². The molecule has 0 aromatic heterocycles. The van der Waals surface area contributed by atoms with Crippen molar-refractivity contribution in [2.45, 2.75) is 39.7 Å². The largest absolute Gasteiger partial charge is 0.444 e. The maximum Gasteiger partial charge on any atom is 0.410 e. The molecule has 0 aliphatic carbocycles. The molecule has 1 aliphatic heterocycles. The van der Waals surface area contributed by atoms with Crippen molar-refractivity contribution in [2.75, 3.05) is 17.8 Å². The van der Waals surface area contributed by atoms with Gasteiger partial charge in [0.25, 0.3) is 10.0 Å². The van der Waals surface area contributed by atoms with Crippen LogP contribution in [0.1, 0.15) is 32.8 Å². The van der Waals surface area contributed by atoms with E-state index < -0.39 is 21.7 Å². The van der Waals surface area contributed by atoms with Gasteiger partial charge in [-0.05, 0) is 45.9 Å². The standard InChI is InChI=1S/C17H24N2O4S/c1-13-5-7-14(8-6-13)18-24(21,22)15-9-11-19(12-10-15)16(20)23-17(2,3)4/h5-9,18H,10-12H2,1-4H3. The van der Waals surface area contributed by atoms with E-state index in [-0.39, 0.29) is 13.0 Å². The van der Waals surface area contributed by atoms with E-state index in [9.17, 15) is 13.2 Å². The van der Waals surface area contributed by atoms with Gasteiger partial charge in [-0.15, -0.1) is 0 Å². The molecule has 1 amide bonds. The molecular formula is C17H24N2O4S. The summed E-state index contributed by atoms with van der Waals surface area (Å²) in [6, 6.07) is 7.14.